The zero-order valence-electron chi connectivity index (χ0n) is 16.5. The van der Waals surface area contributed by atoms with Crippen LogP contribution in [0, 0.1) is 0 Å². The lowest BCUT2D eigenvalue weighted by molar-refractivity contribution is 0.00619. The SMILES string of the molecule is C=C1CN(C(=O)OCc2ccccc2)Cc2cc(C(=O)OC(C)(C)C)nn2C1. The molecule has 28 heavy (non-hydrogen) atoms. The lowest BCUT2D eigenvalue weighted by Gasteiger charge is -2.20. The summed E-state index contributed by atoms with van der Waals surface area (Å²) in [6.45, 7) is 10.7. The van der Waals surface area contributed by atoms with Crippen LogP contribution in [0.4, 0.5) is 4.79 Å². The smallest absolute Gasteiger partial charge is 0.410 e. The molecule has 1 amide bonds. The highest BCUT2D eigenvalue weighted by Crippen LogP contribution is 2.19. The van der Waals surface area contributed by atoms with E-state index in [9.17, 15) is 9.59 Å². The Morgan fingerprint density at radius 2 is 1.86 bits per heavy atom. The van der Waals surface area contributed by atoms with E-state index in [0.29, 0.717) is 13.1 Å². The van der Waals surface area contributed by atoms with Gasteiger partial charge in [-0.3, -0.25) is 9.58 Å². The van der Waals surface area contributed by atoms with Crippen LogP contribution in [-0.4, -0.2) is 38.9 Å². The van der Waals surface area contributed by atoms with Crippen LogP contribution in [0.5, 0.6) is 0 Å². The number of amides is 1. The molecule has 0 bridgehead atoms. The Balaban J connectivity index is 1.71. The van der Waals surface area contributed by atoms with Crippen LogP contribution >= 0.6 is 0 Å². The summed E-state index contributed by atoms with van der Waals surface area (Å²) < 4.78 is 12.5. The van der Waals surface area contributed by atoms with Crippen LogP contribution in [0.15, 0.2) is 48.6 Å². The fraction of sp³-hybridized carbons (Fsp3) is 0.381. The molecule has 1 aliphatic rings. The fourth-order valence-corrected chi connectivity index (χ4v) is 2.87. The minimum atomic E-state index is -0.602. The number of nitrogens with zero attached hydrogens (tertiary/aromatic N) is 3. The third-order valence-corrected chi connectivity index (χ3v) is 4.08. The summed E-state index contributed by atoms with van der Waals surface area (Å²) in [5.74, 6) is -0.489. The quantitative estimate of drug-likeness (QED) is 0.599. The van der Waals surface area contributed by atoms with Gasteiger partial charge >= 0.3 is 12.1 Å². The van der Waals surface area contributed by atoms with Crippen molar-refractivity contribution < 1.29 is 19.1 Å². The van der Waals surface area contributed by atoms with Crippen LogP contribution in [0.2, 0.25) is 0 Å². The maximum atomic E-state index is 12.5. The van der Waals surface area contributed by atoms with Crippen molar-refractivity contribution in [3.05, 3.63) is 65.5 Å². The van der Waals surface area contributed by atoms with E-state index in [4.69, 9.17) is 9.47 Å². The molecule has 1 aromatic carbocycles. The highest BCUT2D eigenvalue weighted by molar-refractivity contribution is 5.87. The number of carbonyl (C=O) groups is 2. The second-order valence-electron chi connectivity index (χ2n) is 7.83. The van der Waals surface area contributed by atoms with Gasteiger partial charge < -0.3 is 9.47 Å². The number of hydrogen-bond acceptors (Lipinski definition) is 5. The van der Waals surface area contributed by atoms with Crippen molar-refractivity contribution in [3.63, 3.8) is 0 Å². The Morgan fingerprint density at radius 3 is 2.54 bits per heavy atom. The summed E-state index contributed by atoms with van der Waals surface area (Å²) in [6.07, 6.45) is -0.432. The third kappa shape index (κ3) is 5.00. The summed E-state index contributed by atoms with van der Waals surface area (Å²) in [5, 5.41) is 4.34. The summed E-state index contributed by atoms with van der Waals surface area (Å²) in [6, 6.07) is 11.2. The average Bonchev–Trinajstić information content (AvgIpc) is 2.94. The molecule has 7 heteroatoms. The molecule has 0 spiro atoms. The van der Waals surface area contributed by atoms with Gasteiger partial charge in [-0.05, 0) is 38.0 Å². The Hall–Kier alpha value is -3.09. The number of aromatic nitrogens is 2. The number of fused-ring (bicyclic) bond motifs is 1. The number of benzene rings is 1. The summed E-state index contributed by atoms with van der Waals surface area (Å²) in [7, 11) is 0. The van der Waals surface area contributed by atoms with Gasteiger partial charge in [0.2, 0.25) is 0 Å². The molecule has 0 saturated carbocycles. The van der Waals surface area contributed by atoms with E-state index in [2.05, 4.69) is 11.7 Å². The normalized spacial score (nSPS) is 14.2. The Morgan fingerprint density at radius 1 is 1.14 bits per heavy atom. The van der Waals surface area contributed by atoms with E-state index in [0.717, 1.165) is 16.8 Å². The van der Waals surface area contributed by atoms with E-state index < -0.39 is 17.7 Å². The number of rotatable bonds is 3. The number of hydrogen-bond donors (Lipinski definition) is 0. The first-order chi connectivity index (χ1) is 13.2. The van der Waals surface area contributed by atoms with Crippen molar-refractivity contribution in [2.24, 2.45) is 0 Å². The second-order valence-corrected chi connectivity index (χ2v) is 7.83. The maximum Gasteiger partial charge on any atom is 0.410 e. The van der Waals surface area contributed by atoms with Gasteiger partial charge in [0.15, 0.2) is 5.69 Å². The number of carbonyl (C=O) groups excluding carboxylic acids is 2. The van der Waals surface area contributed by atoms with Gasteiger partial charge in [-0.25, -0.2) is 9.59 Å². The van der Waals surface area contributed by atoms with Crippen molar-refractivity contribution in [3.8, 4) is 0 Å². The molecule has 0 atom stereocenters. The predicted molar refractivity (Wildman–Crippen MR) is 104 cm³/mol. The monoisotopic (exact) mass is 383 g/mol. The summed E-state index contributed by atoms with van der Waals surface area (Å²) in [4.78, 5) is 26.4. The summed E-state index contributed by atoms with van der Waals surface area (Å²) >= 11 is 0. The Labute approximate surface area is 164 Å². The molecule has 148 valence electrons. The molecule has 0 N–H and O–H groups in total. The molecular formula is C21H25N3O4. The molecule has 0 radical (unpaired) electrons. The van der Waals surface area contributed by atoms with Crippen LogP contribution in [-0.2, 0) is 29.2 Å². The zero-order valence-corrected chi connectivity index (χ0v) is 16.5. The minimum absolute atomic E-state index is 0.199. The van der Waals surface area contributed by atoms with E-state index >= 15 is 0 Å². The van der Waals surface area contributed by atoms with E-state index in [1.807, 2.05) is 30.3 Å². The van der Waals surface area contributed by atoms with E-state index in [1.165, 1.54) is 0 Å². The van der Waals surface area contributed by atoms with Gasteiger partial charge in [-0.2, -0.15) is 5.10 Å². The largest absolute Gasteiger partial charge is 0.455 e. The van der Waals surface area contributed by atoms with Crippen molar-refractivity contribution in [2.45, 2.75) is 46.1 Å². The van der Waals surface area contributed by atoms with Crippen molar-refractivity contribution in [2.75, 3.05) is 6.54 Å². The molecule has 7 nitrogen and oxygen atoms in total. The Kier molecular flexibility index (Phi) is 5.53. The lowest BCUT2D eigenvalue weighted by atomic mass is 10.2. The van der Waals surface area contributed by atoms with E-state index in [1.54, 1.807) is 36.4 Å². The van der Waals surface area contributed by atoms with Crippen LogP contribution in [0.25, 0.3) is 0 Å². The average molecular weight is 383 g/mol. The molecule has 2 aromatic rings. The summed E-state index contributed by atoms with van der Waals surface area (Å²) in [5.41, 5.74) is 2.07. The first kappa shape index (κ1) is 19.7. The molecule has 2 heterocycles. The molecule has 0 unspecified atom stereocenters. The van der Waals surface area contributed by atoms with Gasteiger partial charge in [0.1, 0.15) is 12.2 Å². The van der Waals surface area contributed by atoms with Crippen LogP contribution in [0.1, 0.15) is 42.5 Å². The van der Waals surface area contributed by atoms with Crippen LogP contribution in [0.3, 0.4) is 0 Å². The molecule has 0 fully saturated rings. The van der Waals surface area contributed by atoms with Gasteiger partial charge in [-0.1, -0.05) is 36.9 Å². The highest BCUT2D eigenvalue weighted by atomic mass is 16.6. The first-order valence-electron chi connectivity index (χ1n) is 9.13. The van der Waals surface area contributed by atoms with Gasteiger partial charge in [0.25, 0.3) is 0 Å². The highest BCUT2D eigenvalue weighted by Gasteiger charge is 2.26. The molecule has 1 aromatic heterocycles. The molecule has 1 aliphatic heterocycles. The van der Waals surface area contributed by atoms with Crippen LogP contribution < -0.4 is 0 Å². The minimum Gasteiger partial charge on any atom is -0.455 e. The van der Waals surface area contributed by atoms with E-state index in [-0.39, 0.29) is 18.8 Å². The van der Waals surface area contributed by atoms with Crippen molar-refractivity contribution in [1.29, 1.82) is 0 Å². The molecular weight excluding hydrogens is 358 g/mol. The molecule has 0 aliphatic carbocycles. The lowest BCUT2D eigenvalue weighted by Crippen LogP contribution is -2.31. The van der Waals surface area contributed by atoms with Crippen molar-refractivity contribution in [1.82, 2.24) is 14.7 Å². The van der Waals surface area contributed by atoms with Gasteiger partial charge in [0.05, 0.1) is 18.8 Å². The fourth-order valence-electron chi connectivity index (χ4n) is 2.87. The van der Waals surface area contributed by atoms with Crippen molar-refractivity contribution >= 4 is 12.1 Å². The maximum absolute atomic E-state index is 12.5. The first-order valence-corrected chi connectivity index (χ1v) is 9.13. The van der Waals surface area contributed by atoms with Gasteiger partial charge in [0, 0.05) is 6.54 Å². The third-order valence-electron chi connectivity index (χ3n) is 4.08. The second kappa shape index (κ2) is 7.88. The topological polar surface area (TPSA) is 73.7 Å². The molecule has 3 rings (SSSR count). The van der Waals surface area contributed by atoms with Gasteiger partial charge in [-0.15, -0.1) is 0 Å². The number of ether oxygens (including phenoxy) is 2. The molecule has 0 saturated heterocycles. The Bertz CT molecular complexity index is 881. The predicted octanol–water partition coefficient (Wildman–Crippen LogP) is 3.55. The zero-order chi connectivity index (χ0) is 20.3. The number of esters is 1. The standard InChI is InChI=1S/C21H25N3O4/c1-15-11-23(20(26)27-14-16-8-6-5-7-9-16)13-17-10-18(22-24(17)12-15)19(25)28-21(2,3)4/h5-10H,1,11-14H2,2-4H3.